The summed E-state index contributed by atoms with van der Waals surface area (Å²) in [6.07, 6.45) is 3.25. The van der Waals surface area contributed by atoms with Crippen molar-refractivity contribution in [3.05, 3.63) is 26.1 Å². The summed E-state index contributed by atoms with van der Waals surface area (Å²) in [5, 5.41) is 0. The molecule has 0 amide bonds. The minimum atomic E-state index is 0. The van der Waals surface area contributed by atoms with Gasteiger partial charge in [-0.3, -0.25) is 0 Å². The molecular formula is C11H34N2Pt. The van der Waals surface area contributed by atoms with Crippen LogP contribution in [0.4, 0.5) is 0 Å². The van der Waals surface area contributed by atoms with E-state index in [0.717, 1.165) is 12.8 Å². The number of rotatable bonds is 0. The molecule has 0 aliphatic heterocycles. The van der Waals surface area contributed by atoms with E-state index in [0.29, 0.717) is 0 Å². The zero-order chi connectivity index (χ0) is 8.12. The first-order chi connectivity index (χ1) is 4.24. The molecule has 3 heteroatoms. The Kier molecular flexibility index (Phi) is 735. The summed E-state index contributed by atoms with van der Waals surface area (Å²) >= 11 is 0. The van der Waals surface area contributed by atoms with Gasteiger partial charge in [-0.05, 0) is 0 Å². The first-order valence-corrected chi connectivity index (χ1v) is 3.83. The first kappa shape index (κ1) is 61.9. The summed E-state index contributed by atoms with van der Waals surface area (Å²) in [5.41, 5.74) is 0. The topological polar surface area (TPSA) is 67.0 Å². The molecule has 98 valence electrons. The molecule has 0 heterocycles. The van der Waals surface area contributed by atoms with Crippen LogP contribution in [-0.2, 0) is 21.1 Å². The van der Waals surface area contributed by atoms with Gasteiger partial charge in [-0.1, -0.05) is 49.0 Å². The maximum Gasteiger partial charge on any atom is 4.00 e. The average Bonchev–Trinajstić information content (AvgIpc) is 1.70. The van der Waals surface area contributed by atoms with Gasteiger partial charge in [0.1, 0.15) is 0 Å². The molecular weight excluding hydrogens is 355 g/mol. The summed E-state index contributed by atoms with van der Waals surface area (Å²) in [7, 11) is 0. The van der Waals surface area contributed by atoms with Crippen molar-refractivity contribution in [3.63, 3.8) is 0 Å². The predicted octanol–water partition coefficient (Wildman–Crippen LogP) is 6.58. The van der Waals surface area contributed by atoms with Crippen LogP contribution in [-0.4, -0.2) is 0 Å². The Morgan fingerprint density at radius 3 is 0.714 bits per heavy atom. The van der Waals surface area contributed by atoms with Crippen molar-refractivity contribution in [3.8, 4) is 0 Å². The average molecular weight is 389 g/mol. The Hall–Kier alpha value is 0.608. The fourth-order valence-corrected chi connectivity index (χ4v) is 0. The molecule has 0 aromatic heterocycles. The molecule has 0 fully saturated rings. The van der Waals surface area contributed by atoms with Gasteiger partial charge in [0.25, 0.3) is 0 Å². The van der Waals surface area contributed by atoms with E-state index in [9.17, 15) is 0 Å². The Morgan fingerprint density at radius 2 is 0.714 bits per heavy atom. The molecule has 2 nitrogen and oxygen atoms in total. The summed E-state index contributed by atoms with van der Waals surface area (Å²) in [6, 6.07) is 0. The van der Waals surface area contributed by atoms with E-state index in [1.165, 1.54) is 6.42 Å². The van der Waals surface area contributed by atoms with E-state index >= 15 is 0 Å². The van der Waals surface area contributed by atoms with E-state index in [-0.39, 0.29) is 48.2 Å². The van der Waals surface area contributed by atoms with Crippen molar-refractivity contribution < 1.29 is 21.1 Å². The molecule has 4 N–H and O–H groups in total. The van der Waals surface area contributed by atoms with Gasteiger partial charge in [0, 0.05) is 0 Å². The van der Waals surface area contributed by atoms with Gasteiger partial charge < -0.3 is 26.1 Å². The second kappa shape index (κ2) is 166. The van der Waals surface area contributed by atoms with E-state index in [1.807, 2.05) is 13.8 Å². The van der Waals surface area contributed by atoms with Crippen molar-refractivity contribution in [2.24, 2.45) is 0 Å². The standard InChI is InChI=1S/C3H8.2C3H7.2CH4.2H2N.Pt/c3*1-3-2;;;;;/h3H2,1-2H3;2*1,3H2,2H3;2*1H4;2*1H2;/q;2*-1;;;2*-1;+4. The summed E-state index contributed by atoms with van der Waals surface area (Å²) in [4.78, 5) is 0. The van der Waals surface area contributed by atoms with Gasteiger partial charge >= 0.3 is 21.1 Å². The zero-order valence-corrected chi connectivity index (χ0v) is 11.3. The molecule has 0 aliphatic rings. The fourth-order valence-electron chi connectivity index (χ4n) is 0. The van der Waals surface area contributed by atoms with Crippen LogP contribution in [0, 0.1) is 13.8 Å². The zero-order valence-electron chi connectivity index (χ0n) is 9.01. The maximum absolute atomic E-state index is 3.49. The van der Waals surface area contributed by atoms with Crippen LogP contribution >= 0.6 is 0 Å². The van der Waals surface area contributed by atoms with Crippen molar-refractivity contribution in [2.75, 3.05) is 0 Å². The number of nitrogens with two attached hydrogens (primary N) is 2. The molecule has 0 saturated heterocycles. The summed E-state index contributed by atoms with van der Waals surface area (Å²) in [5.74, 6) is 0. The third kappa shape index (κ3) is 4590. The molecule has 14 heavy (non-hydrogen) atoms. The van der Waals surface area contributed by atoms with Crippen LogP contribution in [0.5, 0.6) is 0 Å². The minimum absolute atomic E-state index is 0. The maximum atomic E-state index is 3.49. The van der Waals surface area contributed by atoms with Gasteiger partial charge in [-0.15, -0.1) is 0 Å². The van der Waals surface area contributed by atoms with Crippen molar-refractivity contribution in [2.45, 2.75) is 61.8 Å². The second-order valence-corrected chi connectivity index (χ2v) is 1.71. The monoisotopic (exact) mass is 389 g/mol. The Balaban J connectivity index is -0.00000000545. The van der Waals surface area contributed by atoms with E-state index in [2.05, 4.69) is 27.7 Å². The Labute approximate surface area is 109 Å². The van der Waals surface area contributed by atoms with Gasteiger partial charge in [-0.2, -0.15) is 12.8 Å². The molecule has 0 unspecified atom stereocenters. The SMILES string of the molecule is C.C.CCC.[CH2-]CC.[CH2-]CC.[NH2-].[NH2-].[Pt+4]. The van der Waals surface area contributed by atoms with Crippen LogP contribution in [0.2, 0.25) is 0 Å². The molecule has 0 bridgehead atoms. The van der Waals surface area contributed by atoms with Gasteiger partial charge in [-0.25, -0.2) is 0 Å². The Morgan fingerprint density at radius 1 is 0.714 bits per heavy atom. The fraction of sp³-hybridized carbons (Fsp3) is 0.818. The van der Waals surface area contributed by atoms with Crippen LogP contribution in [0.25, 0.3) is 12.3 Å². The minimum Gasteiger partial charge on any atom is -0.693 e. The van der Waals surface area contributed by atoms with Crippen LogP contribution in [0.1, 0.15) is 61.8 Å². The Bertz CT molecular complexity index is 18.0. The van der Waals surface area contributed by atoms with Gasteiger partial charge in [0.2, 0.25) is 0 Å². The molecule has 0 spiro atoms. The largest absolute Gasteiger partial charge is 4.00 e. The van der Waals surface area contributed by atoms with Crippen molar-refractivity contribution >= 4 is 0 Å². The summed E-state index contributed by atoms with van der Waals surface area (Å²) in [6.45, 7) is 15.2. The number of hydrogen-bond acceptors (Lipinski definition) is 0. The van der Waals surface area contributed by atoms with E-state index in [1.54, 1.807) is 0 Å². The smallest absolute Gasteiger partial charge is 0.693 e. The summed E-state index contributed by atoms with van der Waals surface area (Å²) < 4.78 is 0. The molecule has 0 radical (unpaired) electrons. The third-order valence-electron chi connectivity index (χ3n) is 0. The molecule has 0 aromatic rings. The second-order valence-electron chi connectivity index (χ2n) is 1.71. The van der Waals surface area contributed by atoms with Crippen molar-refractivity contribution in [1.29, 1.82) is 0 Å². The van der Waals surface area contributed by atoms with Crippen LogP contribution in [0.15, 0.2) is 0 Å². The predicted molar refractivity (Wildman–Crippen MR) is 71.3 cm³/mol. The molecule has 0 atom stereocenters. The van der Waals surface area contributed by atoms with E-state index < -0.39 is 0 Å². The van der Waals surface area contributed by atoms with E-state index in [4.69, 9.17) is 0 Å². The molecule has 0 aliphatic carbocycles. The number of hydrogen-bond donors (Lipinski definition) is 0. The van der Waals surface area contributed by atoms with Gasteiger partial charge in [0.05, 0.1) is 0 Å². The molecule has 0 rings (SSSR count). The van der Waals surface area contributed by atoms with Crippen LogP contribution in [0.3, 0.4) is 0 Å². The first-order valence-electron chi connectivity index (χ1n) is 3.83. The molecule has 0 aromatic carbocycles. The normalized spacial score (nSPS) is 3.86. The third-order valence-corrected chi connectivity index (χ3v) is 0. The van der Waals surface area contributed by atoms with Crippen molar-refractivity contribution in [1.82, 2.24) is 0 Å². The molecule has 0 saturated carbocycles. The quantitative estimate of drug-likeness (QED) is 0.420. The van der Waals surface area contributed by atoms with Gasteiger partial charge in [0.15, 0.2) is 0 Å². The van der Waals surface area contributed by atoms with Crippen LogP contribution < -0.4 is 0 Å².